The Morgan fingerprint density at radius 3 is 2.55 bits per heavy atom. The van der Waals surface area contributed by atoms with Gasteiger partial charge in [-0.3, -0.25) is 4.90 Å². The van der Waals surface area contributed by atoms with Crippen molar-refractivity contribution in [2.24, 2.45) is 5.16 Å². The van der Waals surface area contributed by atoms with Crippen LogP contribution in [0.3, 0.4) is 0 Å². The molecule has 1 N–H and O–H groups in total. The van der Waals surface area contributed by atoms with Crippen molar-refractivity contribution in [3.05, 3.63) is 100 Å². The van der Waals surface area contributed by atoms with Crippen LogP contribution in [0.2, 0.25) is 10.0 Å². The number of aliphatic hydroxyl groups excluding tert-OH is 1. The fourth-order valence-electron chi connectivity index (χ4n) is 3.78. The molecule has 0 fully saturated rings. The molecule has 5 nitrogen and oxygen atoms in total. The van der Waals surface area contributed by atoms with Gasteiger partial charge in [-0.2, -0.15) is 0 Å². The van der Waals surface area contributed by atoms with Crippen LogP contribution >= 0.6 is 23.2 Å². The molecule has 0 unspecified atom stereocenters. The Kier molecular flexibility index (Phi) is 8.24. The van der Waals surface area contributed by atoms with E-state index in [4.69, 9.17) is 32.8 Å². The summed E-state index contributed by atoms with van der Waals surface area (Å²) in [5.41, 5.74) is 2.96. The SMILES string of the molecule is O[C@@H](COc1ccccc1)CN(Cc1cccc(Cl)c1)C[C@@H]1CC(c2ccc(Cl)cc2)=NO1. The van der Waals surface area contributed by atoms with E-state index >= 15 is 0 Å². The molecule has 0 saturated carbocycles. The van der Waals surface area contributed by atoms with Crippen LogP contribution in [0, 0.1) is 0 Å². The minimum atomic E-state index is -0.664. The van der Waals surface area contributed by atoms with E-state index in [2.05, 4.69) is 10.1 Å². The Hall–Kier alpha value is -2.57. The topological polar surface area (TPSA) is 54.3 Å². The maximum atomic E-state index is 10.7. The van der Waals surface area contributed by atoms with Crippen LogP contribution in [0.15, 0.2) is 84.0 Å². The highest BCUT2D eigenvalue weighted by Gasteiger charge is 2.26. The molecule has 4 rings (SSSR count). The third-order valence-electron chi connectivity index (χ3n) is 5.32. The number of halogens is 2. The second kappa shape index (κ2) is 11.5. The fourth-order valence-corrected chi connectivity index (χ4v) is 4.12. The molecular formula is C26H26Cl2N2O3. The molecule has 0 saturated heterocycles. The normalized spacial score (nSPS) is 16.4. The highest BCUT2D eigenvalue weighted by molar-refractivity contribution is 6.31. The molecule has 1 aliphatic rings. The number of rotatable bonds is 10. The van der Waals surface area contributed by atoms with Gasteiger partial charge in [0.05, 0.1) is 5.71 Å². The third-order valence-corrected chi connectivity index (χ3v) is 5.81. The van der Waals surface area contributed by atoms with Crippen LogP contribution in [0.25, 0.3) is 0 Å². The third kappa shape index (κ3) is 7.21. The van der Waals surface area contributed by atoms with Crippen molar-refractivity contribution >= 4 is 28.9 Å². The van der Waals surface area contributed by atoms with E-state index in [-0.39, 0.29) is 12.7 Å². The average molecular weight is 485 g/mol. The zero-order chi connectivity index (χ0) is 23.0. The summed E-state index contributed by atoms with van der Waals surface area (Å²) >= 11 is 12.2. The number of aliphatic hydroxyl groups is 1. The lowest BCUT2D eigenvalue weighted by atomic mass is 10.0. The lowest BCUT2D eigenvalue weighted by molar-refractivity contribution is 0.0213. The fraction of sp³-hybridized carbons (Fsp3) is 0.269. The molecule has 0 bridgehead atoms. The van der Waals surface area contributed by atoms with Crippen molar-refractivity contribution in [3.8, 4) is 5.75 Å². The second-order valence-corrected chi connectivity index (χ2v) is 8.95. The lowest BCUT2D eigenvalue weighted by Gasteiger charge is -2.27. The smallest absolute Gasteiger partial charge is 0.145 e. The van der Waals surface area contributed by atoms with Gasteiger partial charge in [0.2, 0.25) is 0 Å². The van der Waals surface area contributed by atoms with Crippen LogP contribution in [-0.4, -0.2) is 47.6 Å². The van der Waals surface area contributed by atoms with Crippen molar-refractivity contribution in [3.63, 3.8) is 0 Å². The second-order valence-electron chi connectivity index (χ2n) is 8.08. The van der Waals surface area contributed by atoms with E-state index in [0.717, 1.165) is 22.6 Å². The van der Waals surface area contributed by atoms with Gasteiger partial charge in [-0.25, -0.2) is 0 Å². The number of hydrogen-bond acceptors (Lipinski definition) is 5. The van der Waals surface area contributed by atoms with Gasteiger partial charge in [0.1, 0.15) is 24.6 Å². The van der Waals surface area contributed by atoms with E-state index in [1.54, 1.807) is 0 Å². The van der Waals surface area contributed by atoms with Crippen LogP contribution in [0.4, 0.5) is 0 Å². The Labute approximate surface area is 204 Å². The molecule has 0 aromatic heterocycles. The highest BCUT2D eigenvalue weighted by atomic mass is 35.5. The summed E-state index contributed by atoms with van der Waals surface area (Å²) in [5.74, 6) is 0.734. The summed E-state index contributed by atoms with van der Waals surface area (Å²) in [6.07, 6.45) is -0.0934. The van der Waals surface area contributed by atoms with Crippen LogP contribution in [0.1, 0.15) is 17.5 Å². The first-order valence-corrected chi connectivity index (χ1v) is 11.6. The number of benzene rings is 3. The molecule has 0 radical (unpaired) electrons. The summed E-state index contributed by atoms with van der Waals surface area (Å²) in [6, 6.07) is 24.8. The Morgan fingerprint density at radius 2 is 1.79 bits per heavy atom. The summed E-state index contributed by atoms with van der Waals surface area (Å²) in [6.45, 7) is 1.86. The van der Waals surface area contributed by atoms with Gasteiger partial charge in [0, 0.05) is 36.1 Å². The quantitative estimate of drug-likeness (QED) is 0.416. The highest BCUT2D eigenvalue weighted by Crippen LogP contribution is 2.21. The van der Waals surface area contributed by atoms with E-state index < -0.39 is 6.10 Å². The van der Waals surface area contributed by atoms with Crippen molar-refractivity contribution in [2.45, 2.75) is 25.2 Å². The first kappa shape index (κ1) is 23.6. The van der Waals surface area contributed by atoms with Gasteiger partial charge in [0.25, 0.3) is 0 Å². The number of nitrogens with zero attached hydrogens (tertiary/aromatic N) is 2. The molecule has 3 aromatic carbocycles. The van der Waals surface area contributed by atoms with Gasteiger partial charge >= 0.3 is 0 Å². The van der Waals surface area contributed by atoms with Gasteiger partial charge in [-0.05, 0) is 47.5 Å². The van der Waals surface area contributed by atoms with E-state index in [1.165, 1.54) is 0 Å². The van der Waals surface area contributed by atoms with Gasteiger partial charge in [-0.1, -0.05) is 70.8 Å². The molecule has 1 aliphatic heterocycles. The Bertz CT molecular complexity index is 1060. The molecule has 1 heterocycles. The molecule has 0 amide bonds. The summed E-state index contributed by atoms with van der Waals surface area (Å²) < 4.78 is 5.73. The Morgan fingerprint density at radius 1 is 1.00 bits per heavy atom. The van der Waals surface area contributed by atoms with E-state index in [9.17, 15) is 5.11 Å². The van der Waals surface area contributed by atoms with Crippen molar-refractivity contribution in [2.75, 3.05) is 19.7 Å². The largest absolute Gasteiger partial charge is 0.491 e. The minimum Gasteiger partial charge on any atom is -0.491 e. The van der Waals surface area contributed by atoms with Crippen molar-refractivity contribution in [1.29, 1.82) is 0 Å². The number of ether oxygens (including phenoxy) is 1. The Balaban J connectivity index is 1.37. The standard InChI is InChI=1S/C26H26Cl2N2O3/c27-21-11-9-20(10-12-21)26-14-25(33-29-26)17-30(15-19-5-4-6-22(28)13-19)16-23(31)18-32-24-7-2-1-3-8-24/h1-13,23,25,31H,14-18H2/t23-,25+/m1/s1. The van der Waals surface area contributed by atoms with Gasteiger partial charge in [0.15, 0.2) is 0 Å². The number of para-hydroxylation sites is 1. The number of hydrogen-bond donors (Lipinski definition) is 1. The predicted octanol–water partition coefficient (Wildman–Crippen LogP) is 5.43. The first-order valence-electron chi connectivity index (χ1n) is 10.9. The van der Waals surface area contributed by atoms with Crippen molar-refractivity contribution in [1.82, 2.24) is 4.90 Å². The lowest BCUT2D eigenvalue weighted by Crippen LogP contribution is -2.39. The maximum Gasteiger partial charge on any atom is 0.145 e. The molecule has 172 valence electrons. The van der Waals surface area contributed by atoms with E-state index in [0.29, 0.717) is 36.1 Å². The molecule has 33 heavy (non-hydrogen) atoms. The molecule has 2 atom stereocenters. The van der Waals surface area contributed by atoms with Crippen LogP contribution in [-0.2, 0) is 11.4 Å². The maximum absolute atomic E-state index is 10.7. The molecule has 0 aliphatic carbocycles. The summed E-state index contributed by atoms with van der Waals surface area (Å²) in [7, 11) is 0. The molecule has 7 heteroatoms. The first-order chi connectivity index (χ1) is 16.0. The van der Waals surface area contributed by atoms with Crippen molar-refractivity contribution < 1.29 is 14.7 Å². The molecule has 0 spiro atoms. The predicted molar refractivity (Wildman–Crippen MR) is 132 cm³/mol. The minimum absolute atomic E-state index is 0.114. The monoisotopic (exact) mass is 484 g/mol. The van der Waals surface area contributed by atoms with Gasteiger partial charge < -0.3 is 14.7 Å². The average Bonchev–Trinajstić information content (AvgIpc) is 3.27. The zero-order valence-electron chi connectivity index (χ0n) is 18.1. The van der Waals surface area contributed by atoms with Crippen LogP contribution < -0.4 is 4.74 Å². The van der Waals surface area contributed by atoms with E-state index in [1.807, 2.05) is 78.9 Å². The summed E-state index contributed by atoms with van der Waals surface area (Å²) in [4.78, 5) is 7.88. The van der Waals surface area contributed by atoms with Gasteiger partial charge in [-0.15, -0.1) is 0 Å². The zero-order valence-corrected chi connectivity index (χ0v) is 19.6. The molecular weight excluding hydrogens is 459 g/mol. The molecule has 3 aromatic rings. The summed E-state index contributed by atoms with van der Waals surface area (Å²) in [5, 5.41) is 16.3. The van der Waals surface area contributed by atoms with Crippen LogP contribution in [0.5, 0.6) is 5.75 Å². The number of oxime groups is 1.